The van der Waals surface area contributed by atoms with Crippen LogP contribution in [0.3, 0.4) is 0 Å². The number of hydrogen-bond donors (Lipinski definition) is 0. The predicted molar refractivity (Wildman–Crippen MR) is 98.4 cm³/mol. The van der Waals surface area contributed by atoms with E-state index < -0.39 is 4.92 Å². The number of nitriles is 1. The van der Waals surface area contributed by atoms with Crippen molar-refractivity contribution < 1.29 is 4.92 Å². The summed E-state index contributed by atoms with van der Waals surface area (Å²) in [6, 6.07) is 16.2. The number of rotatable bonds is 5. The van der Waals surface area contributed by atoms with Crippen molar-refractivity contribution in [1.29, 1.82) is 5.26 Å². The van der Waals surface area contributed by atoms with E-state index in [1.165, 1.54) is 6.07 Å². The highest BCUT2D eigenvalue weighted by atomic mass is 79.9. The van der Waals surface area contributed by atoms with E-state index in [4.69, 9.17) is 0 Å². The van der Waals surface area contributed by atoms with Crippen molar-refractivity contribution in [3.63, 3.8) is 0 Å². The van der Waals surface area contributed by atoms with Crippen molar-refractivity contribution in [2.24, 2.45) is 0 Å². The van der Waals surface area contributed by atoms with Gasteiger partial charge in [0.1, 0.15) is 11.8 Å². The Morgan fingerprint density at radius 2 is 1.92 bits per heavy atom. The molecule has 0 saturated carbocycles. The van der Waals surface area contributed by atoms with E-state index in [1.54, 1.807) is 48.4 Å². The standard InChI is InChI=1S/C18H14BrN3O2/c1-21(16-11-9-15(19)10-12-16)17(13-20)7-4-6-14-5-2-3-8-18(14)22(23)24/h2-12H,1H3/b6-4+,17-7+. The van der Waals surface area contributed by atoms with Gasteiger partial charge in [-0.1, -0.05) is 34.1 Å². The molecule has 0 fully saturated rings. The first-order valence-corrected chi connectivity index (χ1v) is 7.83. The number of halogens is 1. The summed E-state index contributed by atoms with van der Waals surface area (Å²) in [4.78, 5) is 12.3. The number of hydrogen-bond acceptors (Lipinski definition) is 4. The normalized spacial score (nSPS) is 11.3. The van der Waals surface area contributed by atoms with Gasteiger partial charge in [0.15, 0.2) is 0 Å². The Kier molecular flexibility index (Phi) is 5.88. The lowest BCUT2D eigenvalue weighted by Gasteiger charge is -2.17. The van der Waals surface area contributed by atoms with Crippen LogP contribution >= 0.6 is 15.9 Å². The van der Waals surface area contributed by atoms with Gasteiger partial charge in [-0.15, -0.1) is 0 Å². The summed E-state index contributed by atoms with van der Waals surface area (Å²) in [7, 11) is 1.79. The summed E-state index contributed by atoms with van der Waals surface area (Å²) < 4.78 is 0.957. The van der Waals surface area contributed by atoms with Crippen molar-refractivity contribution in [1.82, 2.24) is 0 Å². The number of nitro benzene ring substituents is 1. The Morgan fingerprint density at radius 3 is 2.54 bits per heavy atom. The first-order valence-electron chi connectivity index (χ1n) is 7.04. The molecule has 0 saturated heterocycles. The lowest BCUT2D eigenvalue weighted by Crippen LogP contribution is -2.14. The van der Waals surface area contributed by atoms with Crippen molar-refractivity contribution in [3.8, 4) is 6.07 Å². The molecule has 5 nitrogen and oxygen atoms in total. The molecule has 24 heavy (non-hydrogen) atoms. The van der Waals surface area contributed by atoms with Gasteiger partial charge in [-0.2, -0.15) is 5.26 Å². The van der Waals surface area contributed by atoms with Crippen LogP contribution in [0.5, 0.6) is 0 Å². The van der Waals surface area contributed by atoms with Gasteiger partial charge >= 0.3 is 0 Å². The fourth-order valence-electron chi connectivity index (χ4n) is 2.07. The highest BCUT2D eigenvalue weighted by Crippen LogP contribution is 2.21. The van der Waals surface area contributed by atoms with Gasteiger partial charge in [0.05, 0.1) is 10.5 Å². The third-order valence-corrected chi connectivity index (χ3v) is 3.88. The molecular formula is C18H14BrN3O2. The second-order valence-electron chi connectivity index (χ2n) is 4.87. The lowest BCUT2D eigenvalue weighted by molar-refractivity contribution is -0.385. The fourth-order valence-corrected chi connectivity index (χ4v) is 2.33. The zero-order chi connectivity index (χ0) is 17.5. The Balaban J connectivity index is 2.24. The van der Waals surface area contributed by atoms with E-state index >= 15 is 0 Å². The largest absolute Gasteiger partial charge is 0.336 e. The Labute approximate surface area is 148 Å². The minimum absolute atomic E-state index is 0.0296. The van der Waals surface area contributed by atoms with Gasteiger partial charge in [0.2, 0.25) is 0 Å². The third-order valence-electron chi connectivity index (χ3n) is 3.35. The zero-order valence-electron chi connectivity index (χ0n) is 12.9. The predicted octanol–water partition coefficient (Wildman–Crippen LogP) is 4.91. The minimum atomic E-state index is -0.428. The van der Waals surface area contributed by atoms with Crippen LogP contribution < -0.4 is 4.90 Å². The molecule has 0 aliphatic heterocycles. The summed E-state index contributed by atoms with van der Waals surface area (Å²) in [6.07, 6.45) is 4.87. The molecule has 120 valence electrons. The molecule has 0 unspecified atom stereocenters. The molecular weight excluding hydrogens is 370 g/mol. The van der Waals surface area contributed by atoms with Crippen LogP contribution in [0, 0.1) is 21.4 Å². The van der Waals surface area contributed by atoms with Crippen molar-refractivity contribution in [3.05, 3.63) is 86.5 Å². The van der Waals surface area contributed by atoms with Crippen LogP contribution in [0.15, 0.2) is 70.9 Å². The van der Waals surface area contributed by atoms with Crippen molar-refractivity contribution in [2.75, 3.05) is 11.9 Å². The molecule has 0 bridgehead atoms. The molecule has 0 aliphatic carbocycles. The quantitative estimate of drug-likeness (QED) is 0.318. The lowest BCUT2D eigenvalue weighted by atomic mass is 10.1. The first kappa shape index (κ1) is 17.4. The number of allylic oxidation sites excluding steroid dienone is 3. The van der Waals surface area contributed by atoms with E-state index in [1.807, 2.05) is 24.3 Å². The van der Waals surface area contributed by atoms with Gasteiger partial charge in [-0.3, -0.25) is 10.1 Å². The van der Waals surface area contributed by atoms with Crippen molar-refractivity contribution in [2.45, 2.75) is 0 Å². The van der Waals surface area contributed by atoms with Gasteiger partial charge in [-0.05, 0) is 42.5 Å². The summed E-state index contributed by atoms with van der Waals surface area (Å²) in [5.74, 6) is 0. The highest BCUT2D eigenvalue weighted by molar-refractivity contribution is 9.10. The second kappa shape index (κ2) is 8.09. The van der Waals surface area contributed by atoms with Crippen LogP contribution in [0.1, 0.15) is 5.56 Å². The van der Waals surface area contributed by atoms with E-state index in [-0.39, 0.29) is 5.69 Å². The molecule has 2 aromatic rings. The maximum absolute atomic E-state index is 11.0. The molecule has 0 aromatic heterocycles. The first-order chi connectivity index (χ1) is 11.5. The minimum Gasteiger partial charge on any atom is -0.336 e. The maximum atomic E-state index is 11.0. The molecule has 0 radical (unpaired) electrons. The SMILES string of the molecule is CN(/C(C#N)=C/C=C/c1ccccc1[N+](=O)[O-])c1ccc(Br)cc1. The molecule has 0 spiro atoms. The van der Waals surface area contributed by atoms with Gasteiger partial charge in [0.25, 0.3) is 5.69 Å². The topological polar surface area (TPSA) is 70.2 Å². The average molecular weight is 384 g/mol. The van der Waals surface area contributed by atoms with E-state index in [0.717, 1.165) is 10.2 Å². The van der Waals surface area contributed by atoms with Gasteiger partial charge in [0, 0.05) is 23.3 Å². The van der Waals surface area contributed by atoms with Gasteiger partial charge < -0.3 is 4.90 Å². The Bertz CT molecular complexity index is 836. The maximum Gasteiger partial charge on any atom is 0.276 e. The molecule has 6 heteroatoms. The third kappa shape index (κ3) is 4.31. The second-order valence-corrected chi connectivity index (χ2v) is 5.79. The Morgan fingerprint density at radius 1 is 1.25 bits per heavy atom. The summed E-state index contributed by atoms with van der Waals surface area (Å²) in [5, 5.41) is 20.3. The monoisotopic (exact) mass is 383 g/mol. The molecule has 2 rings (SSSR count). The van der Waals surface area contributed by atoms with Gasteiger partial charge in [-0.25, -0.2) is 0 Å². The van der Waals surface area contributed by atoms with Crippen LogP contribution in [0.2, 0.25) is 0 Å². The van der Waals surface area contributed by atoms with Crippen LogP contribution in [0.25, 0.3) is 6.08 Å². The fraction of sp³-hybridized carbons (Fsp3) is 0.0556. The van der Waals surface area contributed by atoms with E-state index in [9.17, 15) is 15.4 Å². The molecule has 2 aromatic carbocycles. The average Bonchev–Trinajstić information content (AvgIpc) is 2.59. The number of anilines is 1. The summed E-state index contributed by atoms with van der Waals surface area (Å²) >= 11 is 3.37. The molecule has 0 amide bonds. The smallest absolute Gasteiger partial charge is 0.276 e. The summed E-state index contributed by atoms with van der Waals surface area (Å²) in [6.45, 7) is 0. The number of nitrogens with zero attached hydrogens (tertiary/aromatic N) is 3. The number of benzene rings is 2. The molecule has 0 heterocycles. The van der Waals surface area contributed by atoms with Crippen LogP contribution in [-0.4, -0.2) is 12.0 Å². The van der Waals surface area contributed by atoms with E-state index in [0.29, 0.717) is 11.3 Å². The van der Waals surface area contributed by atoms with Crippen LogP contribution in [-0.2, 0) is 0 Å². The van der Waals surface area contributed by atoms with E-state index in [2.05, 4.69) is 22.0 Å². The molecule has 0 atom stereocenters. The molecule has 0 aliphatic rings. The highest BCUT2D eigenvalue weighted by Gasteiger charge is 2.09. The Hall–Kier alpha value is -2.91. The summed E-state index contributed by atoms with van der Waals surface area (Å²) in [5.41, 5.74) is 1.81. The number of nitro groups is 1. The van der Waals surface area contributed by atoms with Crippen LogP contribution in [0.4, 0.5) is 11.4 Å². The number of para-hydroxylation sites is 1. The molecule has 0 N–H and O–H groups in total. The van der Waals surface area contributed by atoms with Crippen molar-refractivity contribution >= 4 is 33.4 Å². The zero-order valence-corrected chi connectivity index (χ0v) is 14.5.